The second-order valence-electron chi connectivity index (χ2n) is 8.45. The van der Waals surface area contributed by atoms with Crippen LogP contribution >= 0.6 is 0 Å². The van der Waals surface area contributed by atoms with Gasteiger partial charge in [-0.25, -0.2) is 4.79 Å². The van der Waals surface area contributed by atoms with E-state index in [1.54, 1.807) is 12.1 Å². The van der Waals surface area contributed by atoms with Crippen LogP contribution in [0.1, 0.15) is 33.5 Å². The molecule has 36 heavy (non-hydrogen) atoms. The average Bonchev–Trinajstić information content (AvgIpc) is 3.27. The summed E-state index contributed by atoms with van der Waals surface area (Å²) in [5.41, 5.74) is 1.05. The summed E-state index contributed by atoms with van der Waals surface area (Å²) in [5.74, 6) is -0.860. The number of carboxylic acids is 1. The molecule has 1 saturated heterocycles. The number of aromatic carboxylic acids is 1. The van der Waals surface area contributed by atoms with Crippen LogP contribution in [0.4, 0.5) is 0 Å². The number of hydrogen-bond acceptors (Lipinski definition) is 11. The van der Waals surface area contributed by atoms with Gasteiger partial charge < -0.3 is 54.3 Å². The summed E-state index contributed by atoms with van der Waals surface area (Å²) in [6, 6.07) is 7.51. The fourth-order valence-corrected chi connectivity index (χ4v) is 4.42. The second-order valence-corrected chi connectivity index (χ2v) is 8.45. The average molecular weight is 508 g/mol. The van der Waals surface area contributed by atoms with Crippen molar-refractivity contribution in [2.45, 2.75) is 42.7 Å². The lowest BCUT2D eigenvalue weighted by molar-refractivity contribution is -0.277. The van der Waals surface area contributed by atoms with Crippen molar-refractivity contribution >= 4 is 5.97 Å². The van der Waals surface area contributed by atoms with Crippen LogP contribution in [-0.4, -0.2) is 94.7 Å². The van der Waals surface area contributed by atoms with E-state index in [2.05, 4.69) is 0 Å². The van der Waals surface area contributed by atoms with E-state index in [4.69, 9.17) is 23.7 Å². The molecule has 2 aromatic rings. The molecule has 12 heteroatoms. The van der Waals surface area contributed by atoms with Crippen LogP contribution in [0.25, 0.3) is 0 Å². The van der Waals surface area contributed by atoms with Gasteiger partial charge in [-0.05, 0) is 29.8 Å². The highest BCUT2D eigenvalue weighted by Crippen LogP contribution is 2.51. The van der Waals surface area contributed by atoms with Crippen LogP contribution in [0.5, 0.6) is 23.0 Å². The summed E-state index contributed by atoms with van der Waals surface area (Å²) in [4.78, 5) is 11.5. The molecule has 12 nitrogen and oxygen atoms in total. The Morgan fingerprint density at radius 2 is 1.64 bits per heavy atom. The third-order valence-corrected chi connectivity index (χ3v) is 6.36. The minimum Gasteiger partial charge on any atom is -0.493 e. The molecule has 4 rings (SSSR count). The number of aliphatic hydroxyl groups excluding tert-OH is 5. The molecular formula is C24H28O12. The van der Waals surface area contributed by atoms with E-state index in [1.165, 1.54) is 32.4 Å². The van der Waals surface area contributed by atoms with E-state index in [0.29, 0.717) is 16.9 Å². The van der Waals surface area contributed by atoms with Crippen LogP contribution in [0.3, 0.4) is 0 Å². The molecule has 0 saturated carbocycles. The van der Waals surface area contributed by atoms with Crippen molar-refractivity contribution < 1.29 is 59.1 Å². The molecule has 0 aromatic heterocycles. The first-order chi connectivity index (χ1) is 17.2. The maximum absolute atomic E-state index is 11.5. The Kier molecular flexibility index (Phi) is 7.54. The minimum absolute atomic E-state index is 0.00541. The van der Waals surface area contributed by atoms with Gasteiger partial charge in [0.15, 0.2) is 23.0 Å². The van der Waals surface area contributed by atoms with Crippen LogP contribution in [0.2, 0.25) is 0 Å². The third-order valence-electron chi connectivity index (χ3n) is 6.36. The second kappa shape index (κ2) is 10.5. The minimum atomic E-state index is -1.60. The highest BCUT2D eigenvalue weighted by Gasteiger charge is 2.45. The van der Waals surface area contributed by atoms with Gasteiger partial charge in [-0.15, -0.1) is 0 Å². The van der Waals surface area contributed by atoms with Gasteiger partial charge in [0.25, 0.3) is 0 Å². The molecule has 6 N–H and O–H groups in total. The third kappa shape index (κ3) is 4.54. The Balaban J connectivity index is 1.62. The maximum Gasteiger partial charge on any atom is 0.335 e. The summed E-state index contributed by atoms with van der Waals surface area (Å²) < 4.78 is 27.9. The SMILES string of the molecule is COc1cc(C2Oc3c(OC)cc(C(=O)O)cc3C2CO)ccc1OC1OC(CO)C(O)C(O)C1O. The molecule has 2 heterocycles. The van der Waals surface area contributed by atoms with Crippen LogP contribution in [-0.2, 0) is 4.74 Å². The van der Waals surface area contributed by atoms with E-state index in [1.807, 2.05) is 0 Å². The van der Waals surface area contributed by atoms with Crippen molar-refractivity contribution in [3.8, 4) is 23.0 Å². The highest BCUT2D eigenvalue weighted by molar-refractivity contribution is 5.89. The van der Waals surface area contributed by atoms with Crippen molar-refractivity contribution in [1.82, 2.24) is 0 Å². The first-order valence-corrected chi connectivity index (χ1v) is 11.1. The summed E-state index contributed by atoms with van der Waals surface area (Å²) >= 11 is 0. The van der Waals surface area contributed by atoms with Gasteiger partial charge in [0.2, 0.25) is 6.29 Å². The van der Waals surface area contributed by atoms with Crippen LogP contribution in [0, 0.1) is 0 Å². The van der Waals surface area contributed by atoms with E-state index in [-0.39, 0.29) is 29.4 Å². The van der Waals surface area contributed by atoms with Crippen LogP contribution in [0.15, 0.2) is 30.3 Å². The maximum atomic E-state index is 11.5. The highest BCUT2D eigenvalue weighted by atomic mass is 16.7. The smallest absolute Gasteiger partial charge is 0.335 e. The predicted octanol–water partition coefficient (Wildman–Crippen LogP) is -0.210. The van der Waals surface area contributed by atoms with Crippen molar-refractivity contribution in [2.75, 3.05) is 27.4 Å². The molecule has 196 valence electrons. The summed E-state index contributed by atoms with van der Waals surface area (Å²) in [7, 11) is 2.77. The van der Waals surface area contributed by atoms with Crippen molar-refractivity contribution in [3.63, 3.8) is 0 Å². The fraction of sp³-hybridized carbons (Fsp3) is 0.458. The van der Waals surface area contributed by atoms with Crippen molar-refractivity contribution in [3.05, 3.63) is 47.0 Å². The number of carbonyl (C=O) groups is 1. The summed E-state index contributed by atoms with van der Waals surface area (Å²) in [5, 5.41) is 59.2. The predicted molar refractivity (Wildman–Crippen MR) is 121 cm³/mol. The molecule has 2 aliphatic rings. The zero-order valence-corrected chi connectivity index (χ0v) is 19.5. The van der Waals surface area contributed by atoms with Gasteiger partial charge in [-0.2, -0.15) is 0 Å². The molecule has 7 atom stereocenters. The molecule has 0 aliphatic carbocycles. The van der Waals surface area contributed by atoms with Gasteiger partial charge >= 0.3 is 5.97 Å². The Bertz CT molecular complexity index is 1100. The number of fused-ring (bicyclic) bond motifs is 1. The van der Waals surface area contributed by atoms with Gasteiger partial charge in [-0.1, -0.05) is 6.07 Å². The number of carboxylic acid groups (broad SMARTS) is 1. The number of hydrogen-bond donors (Lipinski definition) is 6. The van der Waals surface area contributed by atoms with Gasteiger partial charge in [-0.3, -0.25) is 0 Å². The van der Waals surface area contributed by atoms with E-state index >= 15 is 0 Å². The van der Waals surface area contributed by atoms with E-state index < -0.39 is 55.3 Å². The molecule has 7 unspecified atom stereocenters. The van der Waals surface area contributed by atoms with Gasteiger partial charge in [0, 0.05) is 5.56 Å². The van der Waals surface area contributed by atoms with Gasteiger partial charge in [0.1, 0.15) is 30.5 Å². The first kappa shape index (κ1) is 25.9. The molecule has 0 bridgehead atoms. The first-order valence-electron chi connectivity index (χ1n) is 11.1. The van der Waals surface area contributed by atoms with E-state index in [9.17, 15) is 35.4 Å². The molecule has 0 spiro atoms. The fourth-order valence-electron chi connectivity index (χ4n) is 4.42. The Morgan fingerprint density at radius 1 is 0.917 bits per heavy atom. The summed E-state index contributed by atoms with van der Waals surface area (Å²) in [6.45, 7) is -0.939. The number of ether oxygens (including phenoxy) is 5. The zero-order valence-electron chi connectivity index (χ0n) is 19.5. The molecule has 2 aliphatic heterocycles. The van der Waals surface area contributed by atoms with Crippen molar-refractivity contribution in [1.29, 1.82) is 0 Å². The van der Waals surface area contributed by atoms with Crippen LogP contribution < -0.4 is 18.9 Å². The Morgan fingerprint density at radius 3 is 2.25 bits per heavy atom. The molecule has 0 amide bonds. The quantitative estimate of drug-likeness (QED) is 0.276. The van der Waals surface area contributed by atoms with Gasteiger partial charge in [0.05, 0.1) is 38.9 Å². The van der Waals surface area contributed by atoms with E-state index in [0.717, 1.165) is 0 Å². The Labute approximate surface area is 205 Å². The zero-order chi connectivity index (χ0) is 26.1. The van der Waals surface area contributed by atoms with Crippen molar-refractivity contribution in [2.24, 2.45) is 0 Å². The molecule has 2 aromatic carbocycles. The number of aliphatic hydroxyl groups is 5. The lowest BCUT2D eigenvalue weighted by Gasteiger charge is -2.39. The Hall–Kier alpha value is -3.13. The standard InChI is InChI=1S/C24H28O12/c1-32-15-6-10(3-4-14(15)34-24-20(29)19(28)18(27)17(9-26)35-24)21-13(8-25)12-5-11(23(30)31)7-16(33-2)22(12)36-21/h3-7,13,17-21,24-29H,8-9H2,1-2H3,(H,30,31). The monoisotopic (exact) mass is 508 g/mol. The molecular weight excluding hydrogens is 480 g/mol. The molecule has 1 fully saturated rings. The lowest BCUT2D eigenvalue weighted by Crippen LogP contribution is -2.60. The topological polar surface area (TPSA) is 185 Å². The summed E-state index contributed by atoms with van der Waals surface area (Å²) in [6.07, 6.45) is -7.99. The largest absolute Gasteiger partial charge is 0.493 e. The lowest BCUT2D eigenvalue weighted by atomic mass is 9.90. The normalized spacial score (nSPS) is 29.2. The number of rotatable bonds is 8. The number of benzene rings is 2. The molecule has 0 radical (unpaired) electrons. The number of methoxy groups -OCH3 is 2.